The Labute approximate surface area is 170 Å². The van der Waals surface area contributed by atoms with Crippen LogP contribution in [0.25, 0.3) is 0 Å². The fourth-order valence-electron chi connectivity index (χ4n) is 3.63. The second kappa shape index (κ2) is 7.50. The molecule has 1 N–H and O–H groups in total. The third-order valence-electron chi connectivity index (χ3n) is 4.81. The number of furan rings is 1. The van der Waals surface area contributed by atoms with Crippen LogP contribution in [-0.2, 0) is 20.0 Å². The third kappa shape index (κ3) is 3.84. The van der Waals surface area contributed by atoms with Crippen LogP contribution in [0.2, 0.25) is 0 Å². The van der Waals surface area contributed by atoms with Crippen molar-refractivity contribution < 1.29 is 18.7 Å². The van der Waals surface area contributed by atoms with Crippen LogP contribution in [0.3, 0.4) is 0 Å². The minimum absolute atomic E-state index is 0.382. The van der Waals surface area contributed by atoms with Crippen LogP contribution in [-0.4, -0.2) is 17.6 Å². The van der Waals surface area contributed by atoms with Gasteiger partial charge in [0.1, 0.15) is 23.5 Å². The van der Waals surface area contributed by atoms with E-state index in [0.29, 0.717) is 5.76 Å². The second-order valence-corrected chi connectivity index (χ2v) is 8.12. The first-order valence-corrected chi connectivity index (χ1v) is 9.72. The number of carbonyl (C=O) groups excluding carboxylic acids is 1. The van der Waals surface area contributed by atoms with E-state index in [0.717, 1.165) is 11.1 Å². The van der Waals surface area contributed by atoms with Gasteiger partial charge in [-0.1, -0.05) is 60.7 Å². The van der Waals surface area contributed by atoms with E-state index in [-0.39, 0.29) is 5.97 Å². The molecule has 1 aliphatic heterocycles. The van der Waals surface area contributed by atoms with E-state index in [1.807, 2.05) is 87.5 Å². The SMILES string of the molecule is CC(C)(C)OC(=O)[C@H]1NC(c2ccccc2)(c2ccccc2)O[C@@H]1c1ccco1. The zero-order valence-corrected chi connectivity index (χ0v) is 16.8. The van der Waals surface area contributed by atoms with Crippen molar-refractivity contribution >= 4 is 5.97 Å². The van der Waals surface area contributed by atoms with Crippen molar-refractivity contribution in [2.75, 3.05) is 0 Å². The topological polar surface area (TPSA) is 60.7 Å². The number of carbonyl (C=O) groups is 1. The van der Waals surface area contributed by atoms with Crippen molar-refractivity contribution in [3.63, 3.8) is 0 Å². The molecule has 0 bridgehead atoms. The summed E-state index contributed by atoms with van der Waals surface area (Å²) in [5, 5.41) is 3.44. The Balaban J connectivity index is 1.82. The van der Waals surface area contributed by atoms with Crippen molar-refractivity contribution in [1.82, 2.24) is 5.32 Å². The van der Waals surface area contributed by atoms with Gasteiger partial charge in [0.05, 0.1) is 6.26 Å². The summed E-state index contributed by atoms with van der Waals surface area (Å²) in [5.74, 6) is 0.190. The molecule has 1 fully saturated rings. The van der Waals surface area contributed by atoms with Crippen molar-refractivity contribution in [1.29, 1.82) is 0 Å². The van der Waals surface area contributed by atoms with Crippen LogP contribution < -0.4 is 5.32 Å². The van der Waals surface area contributed by atoms with Gasteiger partial charge in [0.25, 0.3) is 0 Å². The molecule has 29 heavy (non-hydrogen) atoms. The fraction of sp³-hybridized carbons (Fsp3) is 0.292. The van der Waals surface area contributed by atoms with Crippen molar-refractivity contribution in [2.45, 2.75) is 44.2 Å². The van der Waals surface area contributed by atoms with Gasteiger partial charge in [-0.15, -0.1) is 0 Å². The quantitative estimate of drug-likeness (QED) is 0.661. The van der Waals surface area contributed by atoms with E-state index in [2.05, 4.69) is 5.32 Å². The number of hydrogen-bond donors (Lipinski definition) is 1. The molecule has 4 rings (SSSR count). The zero-order chi connectivity index (χ0) is 20.5. The van der Waals surface area contributed by atoms with Gasteiger partial charge in [0.15, 0.2) is 5.72 Å². The Morgan fingerprint density at radius 3 is 2.00 bits per heavy atom. The first-order chi connectivity index (χ1) is 13.9. The molecule has 0 radical (unpaired) electrons. The maximum atomic E-state index is 13.1. The predicted molar refractivity (Wildman–Crippen MR) is 109 cm³/mol. The summed E-state index contributed by atoms with van der Waals surface area (Å²) in [6.07, 6.45) is 0.941. The molecule has 1 aromatic heterocycles. The molecule has 5 nitrogen and oxygen atoms in total. The standard InChI is InChI=1S/C24H25NO4/c1-23(2,3)29-22(26)20-21(19-15-10-16-27-19)28-24(25-20,17-11-6-4-7-12-17)18-13-8-5-9-14-18/h4-16,20-21,25H,1-3H3/t20-,21+/m0/s1. The van der Waals surface area contributed by atoms with E-state index in [4.69, 9.17) is 13.9 Å². The van der Waals surface area contributed by atoms with E-state index in [1.54, 1.807) is 12.3 Å². The molecule has 0 saturated carbocycles. The summed E-state index contributed by atoms with van der Waals surface area (Å²) in [6, 6.07) is 22.5. The average molecular weight is 391 g/mol. The maximum absolute atomic E-state index is 13.1. The normalized spacial score (nSPS) is 21.1. The van der Waals surface area contributed by atoms with Crippen LogP contribution in [0.4, 0.5) is 0 Å². The molecule has 3 aromatic rings. The number of benzene rings is 2. The maximum Gasteiger partial charge on any atom is 0.326 e. The lowest BCUT2D eigenvalue weighted by Crippen LogP contribution is -2.47. The molecule has 1 saturated heterocycles. The van der Waals surface area contributed by atoms with Gasteiger partial charge in [-0.2, -0.15) is 0 Å². The number of rotatable bonds is 4. The number of hydrogen-bond acceptors (Lipinski definition) is 5. The molecular formula is C24H25NO4. The Kier molecular flexibility index (Phi) is 5.03. The highest BCUT2D eigenvalue weighted by Gasteiger charge is 2.53. The van der Waals surface area contributed by atoms with Gasteiger partial charge < -0.3 is 13.9 Å². The van der Waals surface area contributed by atoms with Crippen LogP contribution >= 0.6 is 0 Å². The van der Waals surface area contributed by atoms with E-state index < -0.39 is 23.5 Å². The second-order valence-electron chi connectivity index (χ2n) is 8.12. The summed E-state index contributed by atoms with van der Waals surface area (Å²) in [7, 11) is 0. The van der Waals surface area contributed by atoms with Gasteiger partial charge in [-0.25, -0.2) is 0 Å². The van der Waals surface area contributed by atoms with Gasteiger partial charge in [0, 0.05) is 11.1 Å². The molecule has 0 amide bonds. The average Bonchev–Trinajstić information content (AvgIpc) is 3.37. The van der Waals surface area contributed by atoms with Gasteiger partial charge in [-0.3, -0.25) is 10.1 Å². The molecule has 1 aliphatic rings. The summed E-state index contributed by atoms with van der Waals surface area (Å²) < 4.78 is 17.9. The number of ether oxygens (including phenoxy) is 2. The molecule has 2 atom stereocenters. The first kappa shape index (κ1) is 19.4. The summed E-state index contributed by atoms with van der Waals surface area (Å²) in [6.45, 7) is 5.55. The van der Waals surface area contributed by atoms with Crippen LogP contribution in [0, 0.1) is 0 Å². The van der Waals surface area contributed by atoms with Crippen molar-refractivity contribution in [3.8, 4) is 0 Å². The summed E-state index contributed by atoms with van der Waals surface area (Å²) >= 11 is 0. The third-order valence-corrected chi connectivity index (χ3v) is 4.81. The smallest absolute Gasteiger partial charge is 0.326 e. The first-order valence-electron chi connectivity index (χ1n) is 9.72. The Morgan fingerprint density at radius 2 is 1.52 bits per heavy atom. The Morgan fingerprint density at radius 1 is 0.931 bits per heavy atom. The number of esters is 1. The lowest BCUT2D eigenvalue weighted by atomic mass is 9.94. The molecule has 0 unspecified atom stereocenters. The van der Waals surface area contributed by atoms with Crippen molar-refractivity contribution in [2.24, 2.45) is 0 Å². The van der Waals surface area contributed by atoms with Gasteiger partial charge in [-0.05, 0) is 32.9 Å². The minimum atomic E-state index is -1.01. The highest BCUT2D eigenvalue weighted by Crippen LogP contribution is 2.44. The highest BCUT2D eigenvalue weighted by atomic mass is 16.6. The fourth-order valence-corrected chi connectivity index (χ4v) is 3.63. The summed E-state index contributed by atoms with van der Waals surface area (Å²) in [4.78, 5) is 13.1. The molecular weight excluding hydrogens is 366 g/mol. The van der Waals surface area contributed by atoms with Crippen LogP contribution in [0.5, 0.6) is 0 Å². The van der Waals surface area contributed by atoms with E-state index >= 15 is 0 Å². The largest absolute Gasteiger partial charge is 0.467 e. The Bertz CT molecular complexity index is 906. The monoisotopic (exact) mass is 391 g/mol. The zero-order valence-electron chi connectivity index (χ0n) is 16.8. The van der Waals surface area contributed by atoms with Crippen molar-refractivity contribution in [3.05, 3.63) is 95.9 Å². The predicted octanol–water partition coefficient (Wildman–Crippen LogP) is 4.55. The molecule has 2 heterocycles. The molecule has 2 aromatic carbocycles. The van der Waals surface area contributed by atoms with Gasteiger partial charge in [0.2, 0.25) is 0 Å². The summed E-state index contributed by atoms with van der Waals surface area (Å²) in [5.41, 5.74) is 0.168. The van der Waals surface area contributed by atoms with Crippen LogP contribution in [0.1, 0.15) is 43.8 Å². The van der Waals surface area contributed by atoms with E-state index in [9.17, 15) is 4.79 Å². The Hall–Kier alpha value is -2.89. The molecule has 150 valence electrons. The lowest BCUT2D eigenvalue weighted by molar-refractivity contribution is -0.158. The van der Waals surface area contributed by atoms with Crippen LogP contribution in [0.15, 0.2) is 83.5 Å². The molecule has 0 aliphatic carbocycles. The van der Waals surface area contributed by atoms with Gasteiger partial charge >= 0.3 is 5.97 Å². The molecule has 5 heteroatoms. The lowest BCUT2D eigenvalue weighted by Gasteiger charge is -2.30. The minimum Gasteiger partial charge on any atom is -0.467 e. The molecule has 0 spiro atoms. The number of nitrogens with one attached hydrogen (secondary N) is 1. The van der Waals surface area contributed by atoms with E-state index in [1.165, 1.54) is 0 Å². The highest BCUT2D eigenvalue weighted by molar-refractivity contribution is 5.78.